The molecule has 2 nitrogen and oxygen atoms in total. The molecular weight excluding hydrogens is 252 g/mol. The first-order valence-electron chi connectivity index (χ1n) is 5.56. The number of nitrogens with zero attached hydrogens (tertiary/aromatic N) is 1. The summed E-state index contributed by atoms with van der Waals surface area (Å²) in [6, 6.07) is 1.87. The Morgan fingerprint density at radius 1 is 1.47 bits per heavy atom. The quantitative estimate of drug-likeness (QED) is 0.803. The van der Waals surface area contributed by atoms with Crippen LogP contribution < -0.4 is 5.73 Å². The number of pyridine rings is 1. The molecule has 2 N–H and O–H groups in total. The molecule has 3 heteroatoms. The summed E-state index contributed by atoms with van der Waals surface area (Å²) in [5.41, 5.74) is 7.89. The number of aryl methyl sites for hydroxylation is 1. The van der Waals surface area contributed by atoms with Gasteiger partial charge in [0.15, 0.2) is 0 Å². The molecule has 0 amide bonds. The minimum atomic E-state index is 0.653. The summed E-state index contributed by atoms with van der Waals surface area (Å²) in [6.07, 6.45) is 9.52. The number of rotatable bonds is 6. The molecule has 0 aromatic carbocycles. The van der Waals surface area contributed by atoms with Gasteiger partial charge in [0, 0.05) is 22.9 Å². The summed E-state index contributed by atoms with van der Waals surface area (Å²) in [5, 5.41) is 0. The minimum Gasteiger partial charge on any atom is -0.398 e. The summed E-state index contributed by atoms with van der Waals surface area (Å²) in [7, 11) is 0. The smallest absolute Gasteiger partial charge is 0.0377 e. The third-order valence-electron chi connectivity index (χ3n) is 2.51. The van der Waals surface area contributed by atoms with E-state index in [1.807, 2.05) is 12.3 Å². The molecule has 0 aliphatic rings. The summed E-state index contributed by atoms with van der Waals surface area (Å²) in [5.74, 6) is 0. The molecule has 1 atom stereocenters. The number of hydrogen-bond donors (Lipinski definition) is 1. The van der Waals surface area contributed by atoms with Crippen LogP contribution in [0.15, 0.2) is 18.5 Å². The van der Waals surface area contributed by atoms with E-state index in [-0.39, 0.29) is 0 Å². The van der Waals surface area contributed by atoms with E-state index in [2.05, 4.69) is 27.8 Å². The van der Waals surface area contributed by atoms with Gasteiger partial charge in [-0.2, -0.15) is 0 Å². The topological polar surface area (TPSA) is 38.9 Å². The number of nitrogens with two attached hydrogens (primary N) is 1. The van der Waals surface area contributed by atoms with Gasteiger partial charge in [-0.1, -0.05) is 29.3 Å². The van der Waals surface area contributed by atoms with E-state index in [9.17, 15) is 0 Å². The van der Waals surface area contributed by atoms with Crippen molar-refractivity contribution in [3.05, 3.63) is 24.0 Å². The van der Waals surface area contributed by atoms with Crippen molar-refractivity contribution >= 4 is 21.6 Å². The maximum Gasteiger partial charge on any atom is 0.0377 e. The SMILES string of the molecule is CCCC(Br)CCCc1cnccc1N. The Hall–Kier alpha value is -0.570. The van der Waals surface area contributed by atoms with E-state index < -0.39 is 0 Å². The number of anilines is 1. The van der Waals surface area contributed by atoms with E-state index in [4.69, 9.17) is 5.73 Å². The van der Waals surface area contributed by atoms with Crippen molar-refractivity contribution in [1.82, 2.24) is 4.98 Å². The number of halogens is 1. The largest absolute Gasteiger partial charge is 0.398 e. The van der Waals surface area contributed by atoms with Gasteiger partial charge in [0.05, 0.1) is 0 Å². The fraction of sp³-hybridized carbons (Fsp3) is 0.583. The van der Waals surface area contributed by atoms with Crippen LogP contribution in [0.25, 0.3) is 0 Å². The van der Waals surface area contributed by atoms with Gasteiger partial charge in [-0.15, -0.1) is 0 Å². The van der Waals surface area contributed by atoms with Crippen LogP contribution in [0.5, 0.6) is 0 Å². The van der Waals surface area contributed by atoms with Gasteiger partial charge in [-0.05, 0) is 37.3 Å². The van der Waals surface area contributed by atoms with E-state index in [1.165, 1.54) is 31.2 Å². The maximum atomic E-state index is 5.84. The van der Waals surface area contributed by atoms with Crippen molar-refractivity contribution in [1.29, 1.82) is 0 Å². The van der Waals surface area contributed by atoms with Crippen LogP contribution in [-0.4, -0.2) is 9.81 Å². The molecule has 0 aliphatic carbocycles. The zero-order valence-corrected chi connectivity index (χ0v) is 10.8. The van der Waals surface area contributed by atoms with Gasteiger partial charge in [-0.25, -0.2) is 0 Å². The highest BCUT2D eigenvalue weighted by Gasteiger charge is 2.04. The lowest BCUT2D eigenvalue weighted by molar-refractivity contribution is 0.655. The molecule has 1 aromatic rings. The second kappa shape index (κ2) is 6.83. The highest BCUT2D eigenvalue weighted by molar-refractivity contribution is 9.09. The number of hydrogen-bond acceptors (Lipinski definition) is 2. The molecule has 1 heterocycles. The van der Waals surface area contributed by atoms with E-state index in [0.717, 1.165) is 12.1 Å². The molecule has 0 aliphatic heterocycles. The first kappa shape index (κ1) is 12.5. The summed E-state index contributed by atoms with van der Waals surface area (Å²) >= 11 is 3.68. The van der Waals surface area contributed by atoms with Crippen molar-refractivity contribution in [3.8, 4) is 0 Å². The van der Waals surface area contributed by atoms with E-state index in [1.54, 1.807) is 6.20 Å². The lowest BCUT2D eigenvalue weighted by Crippen LogP contribution is -2.00. The van der Waals surface area contributed by atoms with Gasteiger partial charge >= 0.3 is 0 Å². The van der Waals surface area contributed by atoms with Crippen LogP contribution >= 0.6 is 15.9 Å². The third kappa shape index (κ3) is 4.65. The second-order valence-electron chi connectivity index (χ2n) is 3.85. The van der Waals surface area contributed by atoms with E-state index >= 15 is 0 Å². The van der Waals surface area contributed by atoms with E-state index in [0.29, 0.717) is 4.83 Å². The van der Waals surface area contributed by atoms with Crippen molar-refractivity contribution < 1.29 is 0 Å². The maximum absolute atomic E-state index is 5.84. The van der Waals surface area contributed by atoms with Crippen LogP contribution in [-0.2, 0) is 6.42 Å². The average molecular weight is 271 g/mol. The predicted molar refractivity (Wildman–Crippen MR) is 69.2 cm³/mol. The number of alkyl halides is 1. The normalized spacial score (nSPS) is 12.7. The Kier molecular flexibility index (Phi) is 5.69. The van der Waals surface area contributed by atoms with Gasteiger partial charge in [-0.3, -0.25) is 4.98 Å². The fourth-order valence-electron chi connectivity index (χ4n) is 1.62. The van der Waals surface area contributed by atoms with Gasteiger partial charge < -0.3 is 5.73 Å². The molecule has 0 saturated heterocycles. The molecule has 84 valence electrons. The van der Waals surface area contributed by atoms with Gasteiger partial charge in [0.2, 0.25) is 0 Å². The van der Waals surface area contributed by atoms with Gasteiger partial charge in [0.25, 0.3) is 0 Å². The van der Waals surface area contributed by atoms with Crippen LogP contribution in [0, 0.1) is 0 Å². The Morgan fingerprint density at radius 2 is 2.27 bits per heavy atom. The Morgan fingerprint density at radius 3 is 2.93 bits per heavy atom. The molecule has 1 unspecified atom stereocenters. The zero-order chi connectivity index (χ0) is 11.1. The summed E-state index contributed by atoms with van der Waals surface area (Å²) in [6.45, 7) is 2.22. The molecule has 0 spiro atoms. The second-order valence-corrected chi connectivity index (χ2v) is 5.15. The first-order valence-corrected chi connectivity index (χ1v) is 6.48. The monoisotopic (exact) mass is 270 g/mol. The molecule has 1 aromatic heterocycles. The highest BCUT2D eigenvalue weighted by Crippen LogP contribution is 2.18. The average Bonchev–Trinajstić information content (AvgIpc) is 2.21. The molecule has 0 fully saturated rings. The lowest BCUT2D eigenvalue weighted by atomic mass is 10.1. The summed E-state index contributed by atoms with van der Waals surface area (Å²) < 4.78 is 0. The van der Waals surface area contributed by atoms with Crippen LogP contribution in [0.4, 0.5) is 5.69 Å². The van der Waals surface area contributed by atoms with Crippen molar-refractivity contribution in [2.75, 3.05) is 5.73 Å². The molecule has 15 heavy (non-hydrogen) atoms. The molecule has 0 bridgehead atoms. The predicted octanol–water partition coefficient (Wildman–Crippen LogP) is 3.55. The first-order chi connectivity index (χ1) is 7.24. The Balaban J connectivity index is 2.29. The van der Waals surface area contributed by atoms with Crippen molar-refractivity contribution in [3.63, 3.8) is 0 Å². The Bertz CT molecular complexity index is 289. The lowest BCUT2D eigenvalue weighted by Gasteiger charge is -2.08. The van der Waals surface area contributed by atoms with Crippen LogP contribution in [0.1, 0.15) is 38.2 Å². The Labute approximate surface area is 100 Å². The van der Waals surface area contributed by atoms with Crippen molar-refractivity contribution in [2.24, 2.45) is 0 Å². The molecule has 0 radical (unpaired) electrons. The highest BCUT2D eigenvalue weighted by atomic mass is 79.9. The fourth-order valence-corrected chi connectivity index (χ4v) is 2.40. The molecule has 0 saturated carbocycles. The number of nitrogen functional groups attached to an aromatic ring is 1. The van der Waals surface area contributed by atoms with Crippen molar-refractivity contribution in [2.45, 2.75) is 43.9 Å². The number of aromatic nitrogens is 1. The third-order valence-corrected chi connectivity index (χ3v) is 3.42. The minimum absolute atomic E-state index is 0.653. The van der Waals surface area contributed by atoms with Crippen LogP contribution in [0.3, 0.4) is 0 Å². The molecular formula is C12H19BrN2. The zero-order valence-electron chi connectivity index (χ0n) is 9.25. The molecule has 1 rings (SSSR count). The summed E-state index contributed by atoms with van der Waals surface area (Å²) in [4.78, 5) is 4.74. The van der Waals surface area contributed by atoms with Gasteiger partial charge in [0.1, 0.15) is 0 Å². The van der Waals surface area contributed by atoms with Crippen LogP contribution in [0.2, 0.25) is 0 Å². The standard InChI is InChI=1S/C12H19BrN2/c1-2-4-11(13)6-3-5-10-9-15-8-7-12(10)14/h7-9,11H,2-6H2,1H3,(H2,14,15).